The van der Waals surface area contributed by atoms with E-state index in [0.717, 1.165) is 11.1 Å². The molecule has 1 aliphatic heterocycles. The van der Waals surface area contributed by atoms with Crippen molar-refractivity contribution in [3.63, 3.8) is 0 Å². The molecule has 1 saturated heterocycles. The molecule has 3 aromatic carbocycles. The van der Waals surface area contributed by atoms with E-state index in [2.05, 4.69) is 0 Å². The molecule has 0 aliphatic carbocycles. The van der Waals surface area contributed by atoms with Gasteiger partial charge in [0.1, 0.15) is 18.0 Å². The maximum absolute atomic E-state index is 13.3. The average molecular weight is 607 g/mol. The lowest BCUT2D eigenvalue weighted by molar-refractivity contribution is -0.251. The maximum atomic E-state index is 13.3. The van der Waals surface area contributed by atoms with Gasteiger partial charge in [0, 0.05) is 7.11 Å². The van der Waals surface area contributed by atoms with Gasteiger partial charge in [-0.3, -0.25) is 8.37 Å². The van der Waals surface area contributed by atoms with Crippen LogP contribution in [0.2, 0.25) is 0 Å². The Balaban J connectivity index is 1.70. The number of rotatable bonds is 10. The van der Waals surface area contributed by atoms with Crippen LogP contribution < -0.4 is 4.74 Å². The first kappa shape index (κ1) is 30.6. The monoisotopic (exact) mass is 606 g/mol. The third kappa shape index (κ3) is 7.31. The van der Waals surface area contributed by atoms with Crippen molar-refractivity contribution in [2.75, 3.05) is 20.8 Å². The summed E-state index contributed by atoms with van der Waals surface area (Å²) in [4.78, 5) is 12.7. The van der Waals surface area contributed by atoms with E-state index in [0.29, 0.717) is 5.75 Å². The Morgan fingerprint density at radius 2 is 1.24 bits per heavy atom. The second-order valence-electron chi connectivity index (χ2n) is 9.27. The van der Waals surface area contributed by atoms with Crippen molar-refractivity contribution >= 4 is 26.2 Å². The molecule has 1 heterocycles. The van der Waals surface area contributed by atoms with Crippen LogP contribution in [0.15, 0.2) is 82.6 Å². The predicted molar refractivity (Wildman–Crippen MR) is 145 cm³/mol. The van der Waals surface area contributed by atoms with Gasteiger partial charge in [0.05, 0.1) is 29.1 Å². The molecular formula is C28H30O11S2. The van der Waals surface area contributed by atoms with Crippen LogP contribution in [0.25, 0.3) is 0 Å². The molecule has 13 heteroatoms. The van der Waals surface area contributed by atoms with Crippen LogP contribution in [0, 0.1) is 13.8 Å². The highest BCUT2D eigenvalue weighted by Crippen LogP contribution is 2.31. The summed E-state index contributed by atoms with van der Waals surface area (Å²) in [6.07, 6.45) is -6.08. The highest BCUT2D eigenvalue weighted by molar-refractivity contribution is 7.87. The Bertz CT molecular complexity index is 1550. The summed E-state index contributed by atoms with van der Waals surface area (Å²) >= 11 is 0. The van der Waals surface area contributed by atoms with Gasteiger partial charge in [-0.15, -0.1) is 0 Å². The largest absolute Gasteiger partial charge is 0.497 e. The number of hydrogen-bond donors (Lipinski definition) is 0. The number of methoxy groups -OCH3 is 2. The van der Waals surface area contributed by atoms with Crippen molar-refractivity contribution < 1.29 is 48.9 Å². The first-order valence-electron chi connectivity index (χ1n) is 12.4. The smallest absolute Gasteiger partial charge is 0.338 e. The van der Waals surface area contributed by atoms with Crippen molar-refractivity contribution in [3.8, 4) is 5.75 Å². The van der Waals surface area contributed by atoms with Crippen molar-refractivity contribution in [3.05, 3.63) is 89.5 Å². The van der Waals surface area contributed by atoms with Crippen LogP contribution in [0.1, 0.15) is 21.5 Å². The fourth-order valence-electron chi connectivity index (χ4n) is 4.02. The van der Waals surface area contributed by atoms with Crippen molar-refractivity contribution in [2.45, 2.75) is 48.2 Å². The third-order valence-electron chi connectivity index (χ3n) is 6.29. The Labute approximate surface area is 239 Å². The number of ether oxygens (including phenoxy) is 4. The molecule has 0 unspecified atom stereocenters. The lowest BCUT2D eigenvalue weighted by atomic mass is 10.1. The second-order valence-corrected chi connectivity index (χ2v) is 12.4. The van der Waals surface area contributed by atoms with E-state index in [-0.39, 0.29) is 15.4 Å². The molecule has 0 spiro atoms. The molecule has 220 valence electrons. The predicted octanol–water partition coefficient (Wildman–Crippen LogP) is 3.39. The van der Waals surface area contributed by atoms with Crippen LogP contribution in [-0.4, -0.2) is 68.2 Å². The van der Waals surface area contributed by atoms with E-state index in [4.69, 9.17) is 27.3 Å². The summed E-state index contributed by atoms with van der Waals surface area (Å²) in [5.41, 5.74) is 1.74. The van der Waals surface area contributed by atoms with Crippen molar-refractivity contribution in [1.82, 2.24) is 0 Å². The number of hydrogen-bond acceptors (Lipinski definition) is 11. The molecule has 0 N–H and O–H groups in total. The molecule has 3 aromatic rings. The van der Waals surface area contributed by atoms with E-state index in [1.54, 1.807) is 38.1 Å². The molecule has 4 rings (SSSR count). The van der Waals surface area contributed by atoms with E-state index < -0.39 is 57.4 Å². The van der Waals surface area contributed by atoms with Crippen LogP contribution >= 0.6 is 0 Å². The number of benzene rings is 3. The van der Waals surface area contributed by atoms with Gasteiger partial charge in [0.15, 0.2) is 12.4 Å². The number of carbonyl (C=O) groups is 1. The van der Waals surface area contributed by atoms with Gasteiger partial charge < -0.3 is 18.9 Å². The molecule has 0 saturated carbocycles. The zero-order chi connectivity index (χ0) is 29.8. The van der Waals surface area contributed by atoms with Gasteiger partial charge >= 0.3 is 5.97 Å². The summed E-state index contributed by atoms with van der Waals surface area (Å²) < 4.78 is 85.7. The number of aryl methyl sites for hydroxylation is 2. The molecule has 0 radical (unpaired) electrons. The SMILES string of the molecule is COc1ccc(C(=O)O[C@H]2[C@@H](OC)OC[C@@H](OS(=O)(=O)c3ccc(C)cc3)[C@H]2OS(=O)(=O)c2ccc(C)cc2)cc1. The highest BCUT2D eigenvalue weighted by Gasteiger charge is 2.49. The molecular weight excluding hydrogens is 576 g/mol. The summed E-state index contributed by atoms with van der Waals surface area (Å²) in [7, 11) is -6.20. The van der Waals surface area contributed by atoms with E-state index >= 15 is 0 Å². The Morgan fingerprint density at radius 3 is 1.73 bits per heavy atom. The Kier molecular flexibility index (Phi) is 9.47. The molecule has 41 heavy (non-hydrogen) atoms. The van der Waals surface area contributed by atoms with Crippen molar-refractivity contribution in [1.29, 1.82) is 0 Å². The normalized spacial score (nSPS) is 21.3. The Morgan fingerprint density at radius 1 is 0.732 bits per heavy atom. The minimum absolute atomic E-state index is 0.108. The van der Waals surface area contributed by atoms with E-state index in [1.807, 2.05) is 0 Å². The molecule has 1 aliphatic rings. The van der Waals surface area contributed by atoms with Gasteiger partial charge in [0.25, 0.3) is 20.2 Å². The zero-order valence-corrected chi connectivity index (χ0v) is 24.4. The summed E-state index contributed by atoms with van der Waals surface area (Å²) in [5, 5.41) is 0. The average Bonchev–Trinajstić information content (AvgIpc) is 2.95. The van der Waals surface area contributed by atoms with Gasteiger partial charge in [-0.2, -0.15) is 16.8 Å². The topological polar surface area (TPSA) is 141 Å². The lowest BCUT2D eigenvalue weighted by Crippen LogP contribution is -2.58. The van der Waals surface area contributed by atoms with E-state index in [1.165, 1.54) is 62.8 Å². The quantitative estimate of drug-likeness (QED) is 0.248. The number of esters is 1. The molecule has 0 aromatic heterocycles. The van der Waals surface area contributed by atoms with Crippen LogP contribution in [-0.2, 0) is 42.8 Å². The van der Waals surface area contributed by atoms with Crippen LogP contribution in [0.5, 0.6) is 5.75 Å². The summed E-state index contributed by atoms with van der Waals surface area (Å²) in [5.74, 6) is -0.371. The molecule has 0 amide bonds. The molecule has 1 fully saturated rings. The number of carbonyl (C=O) groups excluding carboxylic acids is 1. The third-order valence-corrected chi connectivity index (χ3v) is 8.97. The van der Waals surface area contributed by atoms with Crippen molar-refractivity contribution in [2.24, 2.45) is 0 Å². The van der Waals surface area contributed by atoms with Gasteiger partial charge in [-0.1, -0.05) is 35.4 Å². The van der Waals surface area contributed by atoms with Crippen LogP contribution in [0.4, 0.5) is 0 Å². The lowest BCUT2D eigenvalue weighted by Gasteiger charge is -2.39. The Hall–Kier alpha value is -3.33. The second kappa shape index (κ2) is 12.7. The molecule has 0 bridgehead atoms. The fraction of sp³-hybridized carbons (Fsp3) is 0.321. The first-order valence-corrected chi connectivity index (χ1v) is 15.2. The minimum atomic E-state index is -4.50. The molecule has 4 atom stereocenters. The summed E-state index contributed by atoms with van der Waals surface area (Å²) in [6, 6.07) is 17.7. The molecule has 11 nitrogen and oxygen atoms in total. The fourth-order valence-corrected chi connectivity index (χ4v) is 6.20. The zero-order valence-electron chi connectivity index (χ0n) is 22.8. The first-order chi connectivity index (χ1) is 19.4. The van der Waals surface area contributed by atoms with Crippen LogP contribution in [0.3, 0.4) is 0 Å². The standard InChI is InChI=1S/C28H30O11S2/c1-18-5-13-22(14-6-18)40(30,31)38-24-17-36-28(35-4)26(37-27(29)20-9-11-21(34-3)12-10-20)25(24)39-41(32,33)23-15-7-19(2)8-16-23/h5-16,24-26,28H,17H2,1-4H3/t24-,25-,26-,28+/m1/s1. The maximum Gasteiger partial charge on any atom is 0.338 e. The highest BCUT2D eigenvalue weighted by atomic mass is 32.2. The van der Waals surface area contributed by atoms with Gasteiger partial charge in [-0.25, -0.2) is 4.79 Å². The minimum Gasteiger partial charge on any atom is -0.497 e. The van der Waals surface area contributed by atoms with Gasteiger partial charge in [-0.05, 0) is 62.4 Å². The summed E-state index contributed by atoms with van der Waals surface area (Å²) in [6.45, 7) is 3.13. The van der Waals surface area contributed by atoms with E-state index in [9.17, 15) is 21.6 Å². The van der Waals surface area contributed by atoms with Gasteiger partial charge in [0.2, 0.25) is 0 Å².